The minimum Gasteiger partial charge on any atom is -0.504 e. The molecule has 2 rings (SSSR count). The second-order valence-corrected chi connectivity index (χ2v) is 3.21. The summed E-state index contributed by atoms with van der Waals surface area (Å²) in [5, 5.41) is 21.6. The quantitative estimate of drug-likeness (QED) is 0.593. The van der Waals surface area contributed by atoms with Gasteiger partial charge >= 0.3 is 0 Å². The molecule has 0 saturated carbocycles. The highest BCUT2D eigenvalue weighted by molar-refractivity contribution is 5.50. The van der Waals surface area contributed by atoms with Crippen molar-refractivity contribution >= 4 is 0 Å². The molecule has 0 fully saturated rings. The number of nitrogens with one attached hydrogen (secondary N) is 1. The first-order valence-electron chi connectivity index (χ1n) is 4.26. The van der Waals surface area contributed by atoms with Crippen molar-refractivity contribution in [3.8, 4) is 11.5 Å². The number of hydrogen-bond acceptors (Lipinski definition) is 4. The molecule has 3 N–H and O–H groups in total. The molecular weight excluding hydrogens is 189 g/mol. The molecule has 0 radical (unpaired) electrons. The van der Waals surface area contributed by atoms with Crippen LogP contribution in [-0.4, -0.2) is 16.8 Å². The first-order valence-corrected chi connectivity index (χ1v) is 4.26. The van der Waals surface area contributed by atoms with E-state index >= 15 is 0 Å². The zero-order valence-corrected chi connectivity index (χ0v) is 7.33. The van der Waals surface area contributed by atoms with Crippen molar-refractivity contribution in [3.05, 3.63) is 23.3 Å². The first kappa shape index (κ1) is 9.23. The summed E-state index contributed by atoms with van der Waals surface area (Å²) in [5.41, 5.74) is 1.06. The zero-order chi connectivity index (χ0) is 10.1. The van der Waals surface area contributed by atoms with E-state index in [1.807, 2.05) is 0 Å². The van der Waals surface area contributed by atoms with Crippen molar-refractivity contribution in [2.75, 3.05) is 6.54 Å². The van der Waals surface area contributed by atoms with Gasteiger partial charge in [0.1, 0.15) is 6.10 Å². The van der Waals surface area contributed by atoms with E-state index in [1.165, 1.54) is 6.07 Å². The van der Waals surface area contributed by atoms with E-state index in [9.17, 15) is 14.7 Å². The smallest absolute Gasteiger partial charge is 0.162 e. The second kappa shape index (κ2) is 3.43. The van der Waals surface area contributed by atoms with E-state index in [2.05, 4.69) is 10.3 Å². The highest BCUT2D eigenvalue weighted by Crippen LogP contribution is 2.36. The Labute approximate surface area is 79.8 Å². The molecule has 4 nitrogen and oxygen atoms in total. The van der Waals surface area contributed by atoms with Crippen LogP contribution in [0.15, 0.2) is 12.1 Å². The summed E-state index contributed by atoms with van der Waals surface area (Å²) in [5.74, 6) is -0.415. The lowest BCUT2D eigenvalue weighted by Crippen LogP contribution is -2.28. The number of fused-ring (bicyclic) bond motifs is 1. The van der Waals surface area contributed by atoms with Gasteiger partial charge in [-0.05, 0) is 16.2 Å². The van der Waals surface area contributed by atoms with Crippen molar-refractivity contribution in [1.29, 1.82) is 0 Å². The molecule has 1 aromatic rings. The van der Waals surface area contributed by atoms with Gasteiger partial charge in [0.05, 0.1) is 0 Å². The Morgan fingerprint density at radius 3 is 2.93 bits per heavy atom. The number of phenolic OH excluding ortho intramolecular Hbond substituents is 2. The largest absolute Gasteiger partial charge is 0.504 e. The van der Waals surface area contributed by atoms with E-state index in [-0.39, 0.29) is 11.5 Å². The average molecular weight is 199 g/mol. The Balaban J connectivity index is 2.50. The van der Waals surface area contributed by atoms with Crippen molar-refractivity contribution in [1.82, 2.24) is 5.32 Å². The van der Waals surface area contributed by atoms with E-state index in [4.69, 9.17) is 0 Å². The van der Waals surface area contributed by atoms with Gasteiger partial charge < -0.3 is 15.5 Å². The summed E-state index contributed by atoms with van der Waals surface area (Å²) in [6.07, 6.45) is -0.717. The van der Waals surface area contributed by atoms with Gasteiger partial charge in [-0.2, -0.15) is 4.94 Å². The predicted molar refractivity (Wildman–Crippen MR) is 46.4 cm³/mol. The Bertz CT molecular complexity index is 356. The van der Waals surface area contributed by atoms with Crippen molar-refractivity contribution in [3.63, 3.8) is 0 Å². The Morgan fingerprint density at radius 1 is 1.43 bits per heavy atom. The third-order valence-electron chi connectivity index (χ3n) is 2.38. The molecule has 14 heavy (non-hydrogen) atoms. The molecule has 0 spiro atoms. The molecular formula is C9H10FNO3. The second-order valence-electron chi connectivity index (χ2n) is 3.21. The normalized spacial score (nSPS) is 20.5. The summed E-state index contributed by atoms with van der Waals surface area (Å²) in [6, 6.07) is 2.88. The molecule has 0 saturated heterocycles. The monoisotopic (exact) mass is 199 g/mol. The molecule has 1 aliphatic rings. The molecule has 1 heterocycles. The zero-order valence-electron chi connectivity index (χ0n) is 7.33. The molecule has 0 bridgehead atoms. The predicted octanol–water partition coefficient (Wildman–Crippen LogP) is 1.14. The number of rotatable bonds is 1. The number of aromatic hydroxyl groups is 2. The van der Waals surface area contributed by atoms with Crippen LogP contribution in [0.5, 0.6) is 11.5 Å². The van der Waals surface area contributed by atoms with E-state index in [1.54, 1.807) is 6.07 Å². The van der Waals surface area contributed by atoms with Crippen LogP contribution in [0.1, 0.15) is 17.2 Å². The molecule has 1 atom stereocenters. The van der Waals surface area contributed by atoms with Crippen LogP contribution in [0.2, 0.25) is 0 Å². The highest BCUT2D eigenvalue weighted by atomic mass is 19.3. The van der Waals surface area contributed by atoms with Gasteiger partial charge in [0, 0.05) is 18.7 Å². The van der Waals surface area contributed by atoms with Crippen molar-refractivity contribution in [2.45, 2.75) is 12.6 Å². The topological polar surface area (TPSA) is 61.7 Å². The maximum atomic E-state index is 12.1. The number of benzene rings is 1. The van der Waals surface area contributed by atoms with E-state index in [0.29, 0.717) is 24.2 Å². The van der Waals surface area contributed by atoms with Crippen LogP contribution in [0.4, 0.5) is 4.53 Å². The fourth-order valence-electron chi connectivity index (χ4n) is 1.64. The van der Waals surface area contributed by atoms with Gasteiger partial charge in [0.25, 0.3) is 0 Å². The lowest BCUT2D eigenvalue weighted by atomic mass is 9.97. The molecule has 76 valence electrons. The Morgan fingerprint density at radius 2 is 2.21 bits per heavy atom. The molecule has 1 aromatic carbocycles. The summed E-state index contributed by atoms with van der Waals surface area (Å²) in [4.78, 5) is 3.76. The van der Waals surface area contributed by atoms with E-state index in [0.717, 1.165) is 0 Å². The fraction of sp³-hybridized carbons (Fsp3) is 0.333. The molecule has 0 aromatic heterocycles. The highest BCUT2D eigenvalue weighted by Gasteiger charge is 2.24. The van der Waals surface area contributed by atoms with E-state index < -0.39 is 6.10 Å². The molecule has 1 unspecified atom stereocenters. The maximum absolute atomic E-state index is 12.1. The summed E-state index contributed by atoms with van der Waals surface area (Å²) in [6.45, 7) is 0.753. The maximum Gasteiger partial charge on any atom is 0.162 e. The van der Waals surface area contributed by atoms with Crippen LogP contribution in [0.25, 0.3) is 0 Å². The van der Waals surface area contributed by atoms with Gasteiger partial charge in [0.2, 0.25) is 0 Å². The first-order chi connectivity index (χ1) is 6.74. The number of hydrogen-bond donors (Lipinski definition) is 3. The van der Waals surface area contributed by atoms with Gasteiger partial charge in [-0.1, -0.05) is 6.07 Å². The average Bonchev–Trinajstić information content (AvgIpc) is 2.23. The standard InChI is InChI=1S/C9H10FNO3/c10-14-8-4-11-3-6-5(8)1-2-7(12)9(6)13/h1-2,8,11-13H,3-4H2. The summed E-state index contributed by atoms with van der Waals surface area (Å²) < 4.78 is 12.1. The van der Waals surface area contributed by atoms with Gasteiger partial charge in [-0.15, -0.1) is 0 Å². The number of halogens is 1. The third kappa shape index (κ3) is 1.30. The third-order valence-corrected chi connectivity index (χ3v) is 2.38. The van der Waals surface area contributed by atoms with Crippen LogP contribution in [0, 0.1) is 0 Å². The molecule has 5 heteroatoms. The minimum atomic E-state index is -0.717. The Hall–Kier alpha value is -1.33. The van der Waals surface area contributed by atoms with Crippen LogP contribution < -0.4 is 5.32 Å². The molecule has 0 amide bonds. The van der Waals surface area contributed by atoms with Crippen LogP contribution in [-0.2, 0) is 11.5 Å². The summed E-state index contributed by atoms with van der Waals surface area (Å²) in [7, 11) is 0. The van der Waals surface area contributed by atoms with Gasteiger partial charge in [-0.25, -0.2) is 0 Å². The van der Waals surface area contributed by atoms with Crippen LogP contribution in [0.3, 0.4) is 0 Å². The lowest BCUT2D eigenvalue weighted by Gasteiger charge is -2.23. The molecule has 1 aliphatic heterocycles. The minimum absolute atomic E-state index is 0.204. The number of phenols is 2. The SMILES string of the molecule is Oc1ccc2c(c1O)CNCC2OF. The van der Waals surface area contributed by atoms with Gasteiger partial charge in [0.15, 0.2) is 11.5 Å². The van der Waals surface area contributed by atoms with Crippen molar-refractivity contribution < 1.29 is 19.7 Å². The van der Waals surface area contributed by atoms with Crippen LogP contribution >= 0.6 is 0 Å². The summed E-state index contributed by atoms with van der Waals surface area (Å²) >= 11 is 0. The van der Waals surface area contributed by atoms with Crippen molar-refractivity contribution in [2.24, 2.45) is 0 Å². The Kier molecular flexibility index (Phi) is 2.26. The van der Waals surface area contributed by atoms with Gasteiger partial charge in [-0.3, -0.25) is 0 Å². The fourth-order valence-corrected chi connectivity index (χ4v) is 1.64. The molecule has 0 aliphatic carbocycles. The lowest BCUT2D eigenvalue weighted by molar-refractivity contribution is -0.182.